The molecule has 0 aliphatic rings. The van der Waals surface area contributed by atoms with Gasteiger partial charge in [0.1, 0.15) is 0 Å². The molecule has 0 fully saturated rings. The molecule has 0 bridgehead atoms. The van der Waals surface area contributed by atoms with Gasteiger partial charge in [0.05, 0.1) is 15.7 Å². The lowest BCUT2D eigenvalue weighted by molar-refractivity contribution is -0.116. The SMILES string of the molecule is O=C(CCCO)Nc1ccc(Br)c(Cl)c1Cl. The van der Waals surface area contributed by atoms with Crippen molar-refractivity contribution in [2.24, 2.45) is 0 Å². The van der Waals surface area contributed by atoms with Gasteiger partial charge < -0.3 is 10.4 Å². The van der Waals surface area contributed by atoms with Crippen LogP contribution >= 0.6 is 39.1 Å². The Balaban J connectivity index is 2.74. The molecule has 1 aromatic carbocycles. The van der Waals surface area contributed by atoms with Crippen molar-refractivity contribution in [1.29, 1.82) is 0 Å². The second-order valence-electron chi connectivity index (χ2n) is 3.10. The van der Waals surface area contributed by atoms with Crippen LogP contribution in [0.3, 0.4) is 0 Å². The number of benzene rings is 1. The quantitative estimate of drug-likeness (QED) is 0.832. The molecule has 0 unspecified atom stereocenters. The van der Waals surface area contributed by atoms with Crippen molar-refractivity contribution < 1.29 is 9.90 Å². The summed E-state index contributed by atoms with van der Waals surface area (Å²) < 4.78 is 0.674. The lowest BCUT2D eigenvalue weighted by Crippen LogP contribution is -2.12. The number of carbonyl (C=O) groups is 1. The Morgan fingerprint density at radius 1 is 1.38 bits per heavy atom. The Morgan fingerprint density at radius 3 is 2.69 bits per heavy atom. The minimum Gasteiger partial charge on any atom is -0.396 e. The highest BCUT2D eigenvalue weighted by molar-refractivity contribution is 9.10. The highest BCUT2D eigenvalue weighted by atomic mass is 79.9. The number of anilines is 1. The predicted octanol–water partition coefficient (Wildman–Crippen LogP) is 3.47. The Labute approximate surface area is 112 Å². The van der Waals surface area contributed by atoms with Crippen LogP contribution in [0.25, 0.3) is 0 Å². The van der Waals surface area contributed by atoms with Crippen molar-refractivity contribution in [2.75, 3.05) is 11.9 Å². The number of carbonyl (C=O) groups excluding carboxylic acids is 1. The molecule has 16 heavy (non-hydrogen) atoms. The molecule has 2 N–H and O–H groups in total. The van der Waals surface area contributed by atoms with Crippen LogP contribution in [0.1, 0.15) is 12.8 Å². The lowest BCUT2D eigenvalue weighted by Gasteiger charge is -2.08. The molecular formula is C10H10BrCl2NO2. The minimum atomic E-state index is -0.200. The zero-order chi connectivity index (χ0) is 12.1. The van der Waals surface area contributed by atoms with Gasteiger partial charge in [-0.3, -0.25) is 4.79 Å². The van der Waals surface area contributed by atoms with Gasteiger partial charge in [-0.15, -0.1) is 0 Å². The monoisotopic (exact) mass is 325 g/mol. The maximum absolute atomic E-state index is 11.4. The fraction of sp³-hybridized carbons (Fsp3) is 0.300. The number of halogens is 3. The number of hydrogen-bond donors (Lipinski definition) is 2. The summed E-state index contributed by atoms with van der Waals surface area (Å²) in [6.07, 6.45) is 0.675. The summed E-state index contributed by atoms with van der Waals surface area (Å²) in [6.45, 7) is -0.0117. The van der Waals surface area contributed by atoms with Crippen LogP contribution in [-0.2, 0) is 4.79 Å². The molecule has 0 atom stereocenters. The van der Waals surface area contributed by atoms with Gasteiger partial charge in [-0.25, -0.2) is 0 Å². The van der Waals surface area contributed by atoms with E-state index in [4.69, 9.17) is 28.3 Å². The Bertz CT molecular complexity index is 399. The van der Waals surface area contributed by atoms with E-state index in [0.717, 1.165) is 0 Å². The fourth-order valence-electron chi connectivity index (χ4n) is 1.07. The van der Waals surface area contributed by atoms with E-state index >= 15 is 0 Å². The molecule has 88 valence electrons. The first-order valence-corrected chi connectivity index (χ1v) is 6.15. The van der Waals surface area contributed by atoms with Gasteiger partial charge in [-0.2, -0.15) is 0 Å². The normalized spacial score (nSPS) is 10.2. The van der Waals surface area contributed by atoms with Crippen molar-refractivity contribution >= 4 is 50.7 Å². The summed E-state index contributed by atoms with van der Waals surface area (Å²) in [7, 11) is 0. The smallest absolute Gasteiger partial charge is 0.224 e. The standard InChI is InChI=1S/C10H10BrCl2NO2/c11-6-3-4-7(10(13)9(6)12)14-8(16)2-1-5-15/h3-4,15H,1-2,5H2,(H,14,16). The van der Waals surface area contributed by atoms with Gasteiger partial charge in [0.2, 0.25) is 5.91 Å². The molecule has 1 rings (SSSR count). The van der Waals surface area contributed by atoms with Gasteiger partial charge in [-0.05, 0) is 34.5 Å². The number of hydrogen-bond acceptors (Lipinski definition) is 2. The maximum Gasteiger partial charge on any atom is 0.224 e. The number of rotatable bonds is 4. The first kappa shape index (κ1) is 13.8. The zero-order valence-corrected chi connectivity index (χ0v) is 11.4. The molecule has 1 amide bonds. The van der Waals surface area contributed by atoms with Gasteiger partial charge >= 0.3 is 0 Å². The Morgan fingerprint density at radius 2 is 2.06 bits per heavy atom. The van der Waals surface area contributed by atoms with E-state index in [1.807, 2.05) is 0 Å². The molecule has 0 spiro atoms. The largest absolute Gasteiger partial charge is 0.396 e. The molecule has 0 radical (unpaired) electrons. The summed E-state index contributed by atoms with van der Waals surface area (Å²) in [5.74, 6) is -0.200. The van der Waals surface area contributed by atoms with Crippen LogP contribution in [0.15, 0.2) is 16.6 Å². The maximum atomic E-state index is 11.4. The van der Waals surface area contributed by atoms with Crippen LogP contribution in [-0.4, -0.2) is 17.6 Å². The molecule has 6 heteroatoms. The molecule has 0 aliphatic heterocycles. The van der Waals surface area contributed by atoms with Crippen LogP contribution in [0, 0.1) is 0 Å². The average Bonchev–Trinajstić information content (AvgIpc) is 2.27. The van der Waals surface area contributed by atoms with E-state index in [9.17, 15) is 4.79 Å². The first-order chi connectivity index (χ1) is 7.56. The molecule has 0 saturated carbocycles. The van der Waals surface area contributed by atoms with Crippen LogP contribution in [0.5, 0.6) is 0 Å². The van der Waals surface area contributed by atoms with Crippen molar-refractivity contribution in [3.05, 3.63) is 26.7 Å². The van der Waals surface area contributed by atoms with Crippen molar-refractivity contribution in [3.8, 4) is 0 Å². The second kappa shape index (κ2) is 6.45. The van der Waals surface area contributed by atoms with Gasteiger partial charge in [-0.1, -0.05) is 23.2 Å². The number of aliphatic hydroxyl groups is 1. The van der Waals surface area contributed by atoms with E-state index in [1.54, 1.807) is 12.1 Å². The summed E-state index contributed by atoms with van der Waals surface area (Å²) >= 11 is 15.1. The topological polar surface area (TPSA) is 49.3 Å². The molecule has 0 aromatic heterocycles. The van der Waals surface area contributed by atoms with Crippen LogP contribution < -0.4 is 5.32 Å². The van der Waals surface area contributed by atoms with Gasteiger partial charge in [0.15, 0.2) is 0 Å². The lowest BCUT2D eigenvalue weighted by atomic mass is 10.2. The molecule has 0 heterocycles. The van der Waals surface area contributed by atoms with E-state index in [2.05, 4.69) is 21.2 Å². The summed E-state index contributed by atoms with van der Waals surface area (Å²) in [6, 6.07) is 3.37. The van der Waals surface area contributed by atoms with Crippen LogP contribution in [0.2, 0.25) is 10.0 Å². The van der Waals surface area contributed by atoms with Crippen LogP contribution in [0.4, 0.5) is 5.69 Å². The molecule has 0 saturated heterocycles. The molecule has 3 nitrogen and oxygen atoms in total. The Hall–Kier alpha value is -0.290. The predicted molar refractivity (Wildman–Crippen MR) is 69.1 cm³/mol. The van der Waals surface area contributed by atoms with Gasteiger partial charge in [0.25, 0.3) is 0 Å². The molecule has 1 aromatic rings. The first-order valence-electron chi connectivity index (χ1n) is 4.60. The number of nitrogens with one attached hydrogen (secondary N) is 1. The van der Waals surface area contributed by atoms with E-state index in [-0.39, 0.29) is 18.9 Å². The third kappa shape index (κ3) is 3.63. The minimum absolute atomic E-state index is 0.0117. The third-order valence-corrected chi connectivity index (χ3v) is 3.64. The highest BCUT2D eigenvalue weighted by Gasteiger charge is 2.10. The van der Waals surface area contributed by atoms with E-state index in [0.29, 0.717) is 26.6 Å². The number of aliphatic hydroxyl groups excluding tert-OH is 1. The second-order valence-corrected chi connectivity index (χ2v) is 4.71. The van der Waals surface area contributed by atoms with Gasteiger partial charge in [0, 0.05) is 17.5 Å². The van der Waals surface area contributed by atoms with E-state index < -0.39 is 0 Å². The van der Waals surface area contributed by atoms with Crippen molar-refractivity contribution in [2.45, 2.75) is 12.8 Å². The summed E-state index contributed by atoms with van der Waals surface area (Å²) in [4.78, 5) is 11.4. The zero-order valence-electron chi connectivity index (χ0n) is 8.27. The molecular weight excluding hydrogens is 317 g/mol. The average molecular weight is 327 g/mol. The van der Waals surface area contributed by atoms with Crippen molar-refractivity contribution in [3.63, 3.8) is 0 Å². The fourth-order valence-corrected chi connectivity index (χ4v) is 1.90. The summed E-state index contributed by atoms with van der Waals surface area (Å²) in [5.41, 5.74) is 0.470. The third-order valence-electron chi connectivity index (χ3n) is 1.87. The highest BCUT2D eigenvalue weighted by Crippen LogP contribution is 2.35. The Kier molecular flexibility index (Phi) is 5.55. The van der Waals surface area contributed by atoms with Crippen molar-refractivity contribution in [1.82, 2.24) is 0 Å². The summed E-state index contributed by atoms with van der Waals surface area (Å²) in [5, 5.41) is 11.9. The number of amides is 1. The molecule has 0 aliphatic carbocycles. The van der Waals surface area contributed by atoms with E-state index in [1.165, 1.54) is 0 Å².